The van der Waals surface area contributed by atoms with Crippen molar-refractivity contribution < 1.29 is 32.3 Å². The SMILES string of the molecule is CN1C(=O)Cc2cc(C(=O)NCCC(O)CN3CCC(c4cc(CC(F)(F)F)ccc4F)C3)ccc21. The number of hydrogen-bond acceptors (Lipinski definition) is 4. The summed E-state index contributed by atoms with van der Waals surface area (Å²) >= 11 is 0. The van der Waals surface area contributed by atoms with E-state index in [1.807, 2.05) is 4.90 Å². The van der Waals surface area contributed by atoms with Crippen LogP contribution in [0.15, 0.2) is 36.4 Å². The Balaban J connectivity index is 1.24. The highest BCUT2D eigenvalue weighted by Gasteiger charge is 2.31. The second-order valence-corrected chi connectivity index (χ2v) is 9.56. The molecular formula is C26H29F4N3O3. The van der Waals surface area contributed by atoms with Gasteiger partial charge in [0.1, 0.15) is 5.82 Å². The summed E-state index contributed by atoms with van der Waals surface area (Å²) in [6.07, 6.45) is -5.01. The van der Waals surface area contributed by atoms with Crippen LogP contribution in [-0.4, -0.2) is 67.3 Å². The number of nitrogens with one attached hydrogen (secondary N) is 1. The summed E-state index contributed by atoms with van der Waals surface area (Å²) in [5, 5.41) is 13.2. The van der Waals surface area contributed by atoms with E-state index in [1.165, 1.54) is 6.07 Å². The van der Waals surface area contributed by atoms with Crippen molar-refractivity contribution in [2.75, 3.05) is 38.1 Å². The Morgan fingerprint density at radius 1 is 1.22 bits per heavy atom. The van der Waals surface area contributed by atoms with E-state index in [4.69, 9.17) is 0 Å². The van der Waals surface area contributed by atoms with Crippen molar-refractivity contribution in [3.8, 4) is 0 Å². The van der Waals surface area contributed by atoms with Crippen LogP contribution in [0.25, 0.3) is 0 Å². The number of likely N-dealkylation sites (N-methyl/N-ethyl adjacent to an activating group) is 1. The first-order valence-electron chi connectivity index (χ1n) is 11.9. The Labute approximate surface area is 206 Å². The molecule has 0 aromatic heterocycles. The molecule has 36 heavy (non-hydrogen) atoms. The first kappa shape index (κ1) is 26.1. The van der Waals surface area contributed by atoms with Gasteiger partial charge in [-0.1, -0.05) is 12.1 Å². The topological polar surface area (TPSA) is 72.9 Å². The Morgan fingerprint density at radius 3 is 2.75 bits per heavy atom. The number of amides is 2. The molecule has 2 heterocycles. The summed E-state index contributed by atoms with van der Waals surface area (Å²) < 4.78 is 52.5. The van der Waals surface area contributed by atoms with Crippen LogP contribution < -0.4 is 10.2 Å². The number of carbonyl (C=O) groups excluding carboxylic acids is 2. The fourth-order valence-electron chi connectivity index (χ4n) is 4.95. The Morgan fingerprint density at radius 2 is 2.00 bits per heavy atom. The van der Waals surface area contributed by atoms with Crippen LogP contribution in [0.5, 0.6) is 0 Å². The molecule has 2 amide bonds. The average Bonchev–Trinajstić information content (AvgIpc) is 3.37. The van der Waals surface area contributed by atoms with E-state index in [0.717, 1.165) is 23.4 Å². The quantitative estimate of drug-likeness (QED) is 0.538. The van der Waals surface area contributed by atoms with Crippen molar-refractivity contribution in [1.29, 1.82) is 0 Å². The second kappa shape index (κ2) is 10.6. The molecule has 2 aliphatic heterocycles. The first-order chi connectivity index (χ1) is 17.0. The van der Waals surface area contributed by atoms with Gasteiger partial charge in [0.05, 0.1) is 18.9 Å². The molecule has 1 fully saturated rings. The maximum Gasteiger partial charge on any atom is 0.393 e. The third kappa shape index (κ3) is 6.22. The lowest BCUT2D eigenvalue weighted by molar-refractivity contribution is -0.127. The third-order valence-corrected chi connectivity index (χ3v) is 6.83. The Kier molecular flexibility index (Phi) is 7.65. The van der Waals surface area contributed by atoms with E-state index >= 15 is 0 Å². The largest absolute Gasteiger partial charge is 0.393 e. The number of anilines is 1. The van der Waals surface area contributed by atoms with Gasteiger partial charge in [0, 0.05) is 43.9 Å². The van der Waals surface area contributed by atoms with Gasteiger partial charge in [0.2, 0.25) is 5.91 Å². The van der Waals surface area contributed by atoms with Crippen molar-refractivity contribution in [3.63, 3.8) is 0 Å². The minimum absolute atomic E-state index is 0.0217. The maximum atomic E-state index is 14.3. The fraction of sp³-hybridized carbons (Fsp3) is 0.462. The number of β-amino-alcohol motifs (C(OH)–C–C–N with tert-alkyl or cyclic N) is 1. The van der Waals surface area contributed by atoms with Gasteiger partial charge in [0.15, 0.2) is 0 Å². The van der Waals surface area contributed by atoms with E-state index < -0.39 is 24.5 Å². The molecule has 0 saturated carbocycles. The number of fused-ring (bicyclic) bond motifs is 1. The van der Waals surface area contributed by atoms with E-state index in [2.05, 4.69) is 5.32 Å². The minimum Gasteiger partial charge on any atom is -0.392 e. The summed E-state index contributed by atoms with van der Waals surface area (Å²) in [6.45, 7) is 1.61. The summed E-state index contributed by atoms with van der Waals surface area (Å²) in [7, 11) is 1.69. The zero-order valence-electron chi connectivity index (χ0n) is 19.9. The molecule has 1 saturated heterocycles. The molecule has 2 N–H and O–H groups in total. The lowest BCUT2D eigenvalue weighted by Crippen LogP contribution is -2.34. The second-order valence-electron chi connectivity index (χ2n) is 9.56. The number of hydrogen-bond donors (Lipinski definition) is 2. The van der Waals surface area contributed by atoms with Crippen LogP contribution in [0, 0.1) is 5.82 Å². The number of carbonyl (C=O) groups is 2. The predicted molar refractivity (Wildman–Crippen MR) is 126 cm³/mol. The van der Waals surface area contributed by atoms with Gasteiger partial charge in [-0.3, -0.25) is 9.59 Å². The highest BCUT2D eigenvalue weighted by Crippen LogP contribution is 2.32. The first-order valence-corrected chi connectivity index (χ1v) is 11.9. The number of likely N-dealkylation sites (tertiary alicyclic amines) is 1. The third-order valence-electron chi connectivity index (χ3n) is 6.83. The molecule has 2 aromatic carbocycles. The summed E-state index contributed by atoms with van der Waals surface area (Å²) in [4.78, 5) is 27.8. The monoisotopic (exact) mass is 507 g/mol. The number of aliphatic hydroxyl groups excluding tert-OH is 1. The Bertz CT molecular complexity index is 1140. The summed E-state index contributed by atoms with van der Waals surface area (Å²) in [5.41, 5.74) is 2.36. The fourth-order valence-corrected chi connectivity index (χ4v) is 4.95. The van der Waals surface area contributed by atoms with Crippen molar-refractivity contribution in [1.82, 2.24) is 10.2 Å². The van der Waals surface area contributed by atoms with Crippen molar-refractivity contribution >= 4 is 17.5 Å². The summed E-state index contributed by atoms with van der Waals surface area (Å²) in [6, 6.07) is 8.67. The standard InChI is InChI=1S/C26H29F4N3O3/c1-32-23-5-3-17(11-19(23)12-24(32)35)25(36)31-8-6-20(34)15-33-9-7-18(14-33)21-10-16(2-4-22(21)27)13-26(28,29)30/h2-5,10-11,18,20,34H,6-9,12-15H2,1H3,(H,31,36). The van der Waals surface area contributed by atoms with E-state index in [1.54, 1.807) is 30.1 Å². The number of aliphatic hydroxyl groups is 1. The minimum atomic E-state index is -4.35. The van der Waals surface area contributed by atoms with Gasteiger partial charge >= 0.3 is 6.18 Å². The van der Waals surface area contributed by atoms with Crippen molar-refractivity contribution in [3.05, 3.63) is 64.5 Å². The van der Waals surface area contributed by atoms with Crippen LogP contribution in [0.1, 0.15) is 45.8 Å². The highest BCUT2D eigenvalue weighted by atomic mass is 19.4. The van der Waals surface area contributed by atoms with Crippen LogP contribution in [-0.2, 0) is 17.6 Å². The Hall–Kier alpha value is -2.98. The van der Waals surface area contributed by atoms with E-state index in [-0.39, 0.29) is 41.8 Å². The molecule has 2 atom stereocenters. The molecule has 0 radical (unpaired) electrons. The zero-order valence-corrected chi connectivity index (χ0v) is 19.9. The molecule has 2 aromatic rings. The molecule has 4 rings (SSSR count). The number of nitrogens with zero attached hydrogens (tertiary/aromatic N) is 2. The number of alkyl halides is 3. The molecule has 0 spiro atoms. The molecule has 6 nitrogen and oxygen atoms in total. The van der Waals surface area contributed by atoms with Gasteiger partial charge in [-0.15, -0.1) is 0 Å². The smallest absolute Gasteiger partial charge is 0.392 e. The van der Waals surface area contributed by atoms with Gasteiger partial charge in [-0.05, 0) is 60.3 Å². The number of benzene rings is 2. The van der Waals surface area contributed by atoms with Crippen molar-refractivity contribution in [2.24, 2.45) is 0 Å². The average molecular weight is 508 g/mol. The predicted octanol–water partition coefficient (Wildman–Crippen LogP) is 3.42. The molecule has 10 heteroatoms. The molecule has 0 bridgehead atoms. The molecule has 194 valence electrons. The number of rotatable bonds is 8. The molecule has 2 unspecified atom stereocenters. The van der Waals surface area contributed by atoms with Crippen LogP contribution in [0.2, 0.25) is 0 Å². The molecule has 2 aliphatic rings. The molecular weight excluding hydrogens is 478 g/mol. The molecule has 0 aliphatic carbocycles. The number of halogens is 4. The van der Waals surface area contributed by atoms with Crippen LogP contribution in [0.4, 0.5) is 23.2 Å². The highest BCUT2D eigenvalue weighted by molar-refractivity contribution is 6.03. The van der Waals surface area contributed by atoms with Crippen LogP contribution in [0.3, 0.4) is 0 Å². The van der Waals surface area contributed by atoms with Gasteiger partial charge in [0.25, 0.3) is 5.91 Å². The van der Waals surface area contributed by atoms with E-state index in [9.17, 15) is 32.3 Å². The summed E-state index contributed by atoms with van der Waals surface area (Å²) in [5.74, 6) is -1.07. The van der Waals surface area contributed by atoms with E-state index in [0.29, 0.717) is 38.0 Å². The van der Waals surface area contributed by atoms with Gasteiger partial charge in [-0.25, -0.2) is 4.39 Å². The normalized spacial score (nSPS) is 19.0. The van der Waals surface area contributed by atoms with Crippen molar-refractivity contribution in [2.45, 2.75) is 43.9 Å². The maximum absolute atomic E-state index is 14.3. The van der Waals surface area contributed by atoms with Gasteiger partial charge < -0.3 is 20.2 Å². The lowest BCUT2D eigenvalue weighted by atomic mass is 9.95. The lowest BCUT2D eigenvalue weighted by Gasteiger charge is -2.21. The van der Waals surface area contributed by atoms with Gasteiger partial charge in [-0.2, -0.15) is 13.2 Å². The zero-order chi connectivity index (χ0) is 26.0. The van der Waals surface area contributed by atoms with Crippen LogP contribution >= 0.6 is 0 Å².